The molecule has 7 nitrogen and oxygen atoms in total. The van der Waals surface area contributed by atoms with Crippen LogP contribution in [0.1, 0.15) is 28.4 Å². The summed E-state index contributed by atoms with van der Waals surface area (Å²) in [5.74, 6) is 1.05. The number of benzene rings is 3. The Morgan fingerprint density at radius 3 is 2.31 bits per heavy atom. The molecule has 4 rings (SSSR count). The van der Waals surface area contributed by atoms with Crippen LogP contribution in [0.4, 0.5) is 5.69 Å². The first kappa shape index (κ1) is 26.0. The van der Waals surface area contributed by atoms with Gasteiger partial charge in [0, 0.05) is 32.8 Å². The van der Waals surface area contributed by atoms with Gasteiger partial charge in [-0.2, -0.15) is 0 Å². The molecule has 36 heavy (non-hydrogen) atoms. The van der Waals surface area contributed by atoms with E-state index in [0.29, 0.717) is 35.0 Å². The van der Waals surface area contributed by atoms with Crippen molar-refractivity contribution in [3.05, 3.63) is 80.2 Å². The number of hydrogen-bond acceptors (Lipinski definition) is 5. The van der Waals surface area contributed by atoms with Crippen LogP contribution in [0, 0.1) is 0 Å². The molecule has 1 unspecified atom stereocenters. The number of hydrogen-bond donors (Lipinski definition) is 1. The second kappa shape index (κ2) is 11.3. The molecule has 3 aromatic carbocycles. The number of carbonyl (C=O) groups excluding carboxylic acids is 2. The molecule has 0 aliphatic carbocycles. The van der Waals surface area contributed by atoms with Crippen molar-refractivity contribution in [1.29, 1.82) is 0 Å². The molecule has 0 fully saturated rings. The van der Waals surface area contributed by atoms with Gasteiger partial charge in [-0.15, -0.1) is 0 Å². The fourth-order valence-electron chi connectivity index (χ4n) is 4.13. The minimum absolute atomic E-state index is 0.0270. The summed E-state index contributed by atoms with van der Waals surface area (Å²) in [6.45, 7) is 2.34. The largest absolute Gasteiger partial charge is 0.497 e. The highest BCUT2D eigenvalue weighted by atomic mass is 79.9. The molecule has 2 amide bonds. The van der Waals surface area contributed by atoms with Crippen molar-refractivity contribution in [1.82, 2.24) is 4.90 Å². The number of methoxy groups -OCH3 is 2. The van der Waals surface area contributed by atoms with Gasteiger partial charge in [0.15, 0.2) is 18.1 Å². The number of rotatable bonds is 7. The Morgan fingerprint density at radius 2 is 1.64 bits per heavy atom. The van der Waals surface area contributed by atoms with Gasteiger partial charge >= 0.3 is 0 Å². The smallest absolute Gasteiger partial charge is 0.262 e. The molecule has 9 heteroatoms. The number of nitrogens with one attached hydrogen (secondary N) is 1. The van der Waals surface area contributed by atoms with E-state index in [9.17, 15) is 9.59 Å². The van der Waals surface area contributed by atoms with E-state index < -0.39 is 0 Å². The van der Waals surface area contributed by atoms with E-state index in [1.165, 1.54) is 12.7 Å². The van der Waals surface area contributed by atoms with Crippen molar-refractivity contribution >= 4 is 49.4 Å². The Balaban J connectivity index is 1.44. The molecule has 0 spiro atoms. The van der Waals surface area contributed by atoms with Crippen molar-refractivity contribution < 1.29 is 23.8 Å². The fourth-order valence-corrected chi connectivity index (χ4v) is 5.16. The quantitative estimate of drug-likeness (QED) is 0.361. The normalized spacial score (nSPS) is 14.6. The summed E-state index contributed by atoms with van der Waals surface area (Å²) in [6.07, 6.45) is 0.753. The maximum absolute atomic E-state index is 13.4. The van der Waals surface area contributed by atoms with Crippen LogP contribution >= 0.6 is 31.9 Å². The molecule has 188 valence electrons. The summed E-state index contributed by atoms with van der Waals surface area (Å²) in [7, 11) is 3.08. The van der Waals surface area contributed by atoms with Crippen molar-refractivity contribution in [3.8, 4) is 17.2 Å². The van der Waals surface area contributed by atoms with Gasteiger partial charge in [0.25, 0.3) is 11.8 Å². The number of fused-ring (bicyclic) bond motifs is 1. The number of halogens is 2. The molecule has 1 aliphatic heterocycles. The molecule has 1 aliphatic rings. The molecule has 0 saturated heterocycles. The second-order valence-corrected chi connectivity index (χ2v) is 10.1. The van der Waals surface area contributed by atoms with Gasteiger partial charge in [-0.25, -0.2) is 0 Å². The van der Waals surface area contributed by atoms with E-state index in [0.717, 1.165) is 20.9 Å². The number of anilines is 1. The third-order valence-corrected chi connectivity index (χ3v) is 7.57. The van der Waals surface area contributed by atoms with E-state index in [1.807, 2.05) is 24.0 Å². The van der Waals surface area contributed by atoms with Gasteiger partial charge in [-0.05, 0) is 79.1 Å². The maximum Gasteiger partial charge on any atom is 0.262 e. The highest BCUT2D eigenvalue weighted by molar-refractivity contribution is 9.11. The van der Waals surface area contributed by atoms with Crippen LogP contribution in [-0.2, 0) is 17.8 Å². The zero-order valence-electron chi connectivity index (χ0n) is 20.1. The molecule has 0 aromatic heterocycles. The van der Waals surface area contributed by atoms with E-state index >= 15 is 0 Å². The molecular formula is C27H26Br2N2O5. The lowest BCUT2D eigenvalue weighted by Crippen LogP contribution is -2.42. The third-order valence-electron chi connectivity index (χ3n) is 6.08. The average molecular weight is 618 g/mol. The lowest BCUT2D eigenvalue weighted by molar-refractivity contribution is -0.118. The molecule has 1 heterocycles. The average Bonchev–Trinajstić information content (AvgIpc) is 2.89. The lowest BCUT2D eigenvalue weighted by atomic mass is 9.94. The van der Waals surface area contributed by atoms with E-state index in [1.54, 1.807) is 49.6 Å². The van der Waals surface area contributed by atoms with Crippen molar-refractivity contribution in [2.45, 2.75) is 25.9 Å². The van der Waals surface area contributed by atoms with Crippen LogP contribution in [0.15, 0.2) is 63.5 Å². The Labute approximate surface area is 227 Å². The second-order valence-electron chi connectivity index (χ2n) is 8.40. The lowest BCUT2D eigenvalue weighted by Gasteiger charge is -2.36. The predicted molar refractivity (Wildman–Crippen MR) is 145 cm³/mol. The summed E-state index contributed by atoms with van der Waals surface area (Å²) in [5, 5.41) is 2.77. The Morgan fingerprint density at radius 1 is 0.944 bits per heavy atom. The van der Waals surface area contributed by atoms with E-state index in [2.05, 4.69) is 37.2 Å². The van der Waals surface area contributed by atoms with Crippen LogP contribution in [0.5, 0.6) is 17.2 Å². The summed E-state index contributed by atoms with van der Waals surface area (Å²) < 4.78 is 18.3. The zero-order valence-corrected chi connectivity index (χ0v) is 23.3. The summed E-state index contributed by atoms with van der Waals surface area (Å²) in [5.41, 5.74) is 3.44. The zero-order chi connectivity index (χ0) is 25.8. The molecule has 1 N–H and O–H groups in total. The summed E-state index contributed by atoms with van der Waals surface area (Å²) in [6, 6.07) is 16.0. The minimum Gasteiger partial charge on any atom is -0.497 e. The van der Waals surface area contributed by atoms with Crippen LogP contribution in [0.25, 0.3) is 0 Å². The first-order valence-corrected chi connectivity index (χ1v) is 12.9. The van der Waals surface area contributed by atoms with Crippen LogP contribution in [0.2, 0.25) is 0 Å². The number of amides is 2. The topological polar surface area (TPSA) is 77.1 Å². The molecule has 3 aromatic rings. The summed E-state index contributed by atoms with van der Waals surface area (Å²) in [4.78, 5) is 27.6. The van der Waals surface area contributed by atoms with Crippen molar-refractivity contribution in [2.75, 3.05) is 26.1 Å². The number of carbonyl (C=O) groups is 2. The number of nitrogens with zero attached hydrogens (tertiary/aromatic N) is 1. The Kier molecular flexibility index (Phi) is 8.21. The highest BCUT2D eigenvalue weighted by Gasteiger charge is 2.30. The van der Waals surface area contributed by atoms with E-state index in [4.69, 9.17) is 14.2 Å². The molecule has 0 bridgehead atoms. The van der Waals surface area contributed by atoms with Crippen molar-refractivity contribution in [3.63, 3.8) is 0 Å². The first-order chi connectivity index (χ1) is 17.3. The predicted octanol–water partition coefficient (Wildman–Crippen LogP) is 5.83. The van der Waals surface area contributed by atoms with Gasteiger partial charge in [0.1, 0.15) is 5.75 Å². The van der Waals surface area contributed by atoms with Gasteiger partial charge in [0.05, 0.1) is 14.2 Å². The molecule has 0 radical (unpaired) electrons. The van der Waals surface area contributed by atoms with Crippen LogP contribution in [0.3, 0.4) is 0 Å². The van der Waals surface area contributed by atoms with Gasteiger partial charge < -0.3 is 24.4 Å². The molecular weight excluding hydrogens is 592 g/mol. The SMILES string of the molecule is COc1ccc(NC(=O)COc2ccc(C(=O)N3Cc4c(Br)ccc(Br)c4CC3C)cc2OC)cc1. The molecule has 1 atom stereocenters. The van der Waals surface area contributed by atoms with Crippen LogP contribution < -0.4 is 19.5 Å². The third kappa shape index (κ3) is 5.68. The standard InChI is InChI=1S/C27H26Br2N2O5/c1-16-12-20-21(23(29)10-9-22(20)28)14-31(16)27(33)17-4-11-24(25(13-17)35-3)36-15-26(32)30-18-5-7-19(34-2)8-6-18/h4-11,13,16H,12,14-15H2,1-3H3,(H,30,32). The van der Waals surface area contributed by atoms with Crippen molar-refractivity contribution in [2.24, 2.45) is 0 Å². The van der Waals surface area contributed by atoms with Gasteiger partial charge in [-0.3, -0.25) is 9.59 Å². The van der Waals surface area contributed by atoms with E-state index in [-0.39, 0.29) is 24.5 Å². The molecule has 0 saturated carbocycles. The summed E-state index contributed by atoms with van der Waals surface area (Å²) >= 11 is 7.26. The fraction of sp³-hybridized carbons (Fsp3) is 0.259. The van der Waals surface area contributed by atoms with Crippen LogP contribution in [-0.4, -0.2) is 43.6 Å². The van der Waals surface area contributed by atoms with Gasteiger partial charge in [-0.1, -0.05) is 31.9 Å². The Bertz CT molecular complexity index is 1280. The minimum atomic E-state index is -0.320. The first-order valence-electron chi connectivity index (χ1n) is 11.3. The Hall–Kier alpha value is -3.04. The highest BCUT2D eigenvalue weighted by Crippen LogP contribution is 2.36. The monoisotopic (exact) mass is 616 g/mol. The number of ether oxygens (including phenoxy) is 3. The maximum atomic E-state index is 13.4. The van der Waals surface area contributed by atoms with Gasteiger partial charge in [0.2, 0.25) is 0 Å².